The summed E-state index contributed by atoms with van der Waals surface area (Å²) in [6.07, 6.45) is 1.54. The molecule has 0 saturated heterocycles. The van der Waals surface area contributed by atoms with E-state index in [4.69, 9.17) is 14.3 Å². The molecule has 0 aliphatic rings. The molecular formula is C14H15NO5S. The number of carboxylic acids is 1. The number of amides is 1. The van der Waals surface area contributed by atoms with Gasteiger partial charge in [0, 0.05) is 13.7 Å². The number of ether oxygens (including phenoxy) is 1. The minimum Gasteiger partial charge on any atom is -0.477 e. The molecule has 0 radical (unpaired) electrons. The molecule has 1 amide bonds. The summed E-state index contributed by atoms with van der Waals surface area (Å²) in [5.41, 5.74) is 0. The molecule has 0 fully saturated rings. The van der Waals surface area contributed by atoms with Crippen LogP contribution in [0.5, 0.6) is 0 Å². The number of carboxylic acid groups (broad SMARTS) is 1. The summed E-state index contributed by atoms with van der Waals surface area (Å²) in [6, 6.07) is 6.49. The van der Waals surface area contributed by atoms with E-state index in [1.54, 1.807) is 30.4 Å². The average molecular weight is 309 g/mol. The van der Waals surface area contributed by atoms with Crippen LogP contribution in [0.1, 0.15) is 25.1 Å². The number of hydrogen-bond acceptors (Lipinski definition) is 5. The molecule has 0 aliphatic heterocycles. The highest BCUT2D eigenvalue weighted by atomic mass is 32.1. The van der Waals surface area contributed by atoms with Crippen LogP contribution in [-0.4, -0.2) is 42.1 Å². The molecule has 0 bridgehead atoms. The molecule has 2 aromatic rings. The molecule has 0 spiro atoms. The van der Waals surface area contributed by atoms with Crippen LogP contribution in [0.15, 0.2) is 34.9 Å². The SMILES string of the molecule is COCCN(Cc1ccco1)C(=O)c1ccc(C(=O)O)s1. The van der Waals surface area contributed by atoms with Crippen LogP contribution in [0, 0.1) is 0 Å². The Hall–Kier alpha value is -2.12. The molecular weight excluding hydrogens is 294 g/mol. The fraction of sp³-hybridized carbons (Fsp3) is 0.286. The lowest BCUT2D eigenvalue weighted by Crippen LogP contribution is -2.32. The van der Waals surface area contributed by atoms with Crippen molar-refractivity contribution in [1.82, 2.24) is 4.90 Å². The molecule has 0 atom stereocenters. The highest BCUT2D eigenvalue weighted by Gasteiger charge is 2.20. The number of methoxy groups -OCH3 is 1. The van der Waals surface area contributed by atoms with Gasteiger partial charge in [-0.1, -0.05) is 0 Å². The van der Waals surface area contributed by atoms with Gasteiger partial charge in [0.25, 0.3) is 5.91 Å². The minimum absolute atomic E-state index is 0.142. The van der Waals surface area contributed by atoms with Crippen molar-refractivity contribution in [3.05, 3.63) is 46.0 Å². The Balaban J connectivity index is 2.13. The second kappa shape index (κ2) is 7.05. The molecule has 1 N–H and O–H groups in total. The molecule has 21 heavy (non-hydrogen) atoms. The quantitative estimate of drug-likeness (QED) is 0.849. The van der Waals surface area contributed by atoms with Crippen LogP contribution in [0.2, 0.25) is 0 Å². The zero-order chi connectivity index (χ0) is 15.2. The van der Waals surface area contributed by atoms with Gasteiger partial charge in [-0.15, -0.1) is 11.3 Å². The molecule has 6 nitrogen and oxygen atoms in total. The van der Waals surface area contributed by atoms with Crippen molar-refractivity contribution in [3.63, 3.8) is 0 Å². The lowest BCUT2D eigenvalue weighted by atomic mass is 10.3. The van der Waals surface area contributed by atoms with Gasteiger partial charge in [0.15, 0.2) is 0 Å². The zero-order valence-corrected chi connectivity index (χ0v) is 12.3. The third kappa shape index (κ3) is 3.93. The summed E-state index contributed by atoms with van der Waals surface area (Å²) in [5.74, 6) is -0.607. The number of aromatic carboxylic acids is 1. The number of carbonyl (C=O) groups excluding carboxylic acids is 1. The fourth-order valence-electron chi connectivity index (χ4n) is 1.77. The van der Waals surface area contributed by atoms with Crippen molar-refractivity contribution in [2.45, 2.75) is 6.54 Å². The Labute approximate surface area is 125 Å². The van der Waals surface area contributed by atoms with Crippen molar-refractivity contribution in [3.8, 4) is 0 Å². The van der Waals surface area contributed by atoms with Crippen LogP contribution in [0.3, 0.4) is 0 Å². The second-order valence-electron chi connectivity index (χ2n) is 4.27. The summed E-state index contributed by atoms with van der Waals surface area (Å²) in [6.45, 7) is 1.11. The third-order valence-electron chi connectivity index (χ3n) is 2.81. The summed E-state index contributed by atoms with van der Waals surface area (Å²) < 4.78 is 10.3. The van der Waals surface area contributed by atoms with Crippen molar-refractivity contribution < 1.29 is 23.8 Å². The zero-order valence-electron chi connectivity index (χ0n) is 11.4. The first-order valence-corrected chi connectivity index (χ1v) is 7.07. The van der Waals surface area contributed by atoms with Gasteiger partial charge in [0.05, 0.1) is 24.3 Å². The van der Waals surface area contributed by atoms with Crippen LogP contribution < -0.4 is 0 Å². The molecule has 112 valence electrons. The maximum Gasteiger partial charge on any atom is 0.345 e. The number of thiophene rings is 1. The molecule has 7 heteroatoms. The monoisotopic (exact) mass is 309 g/mol. The maximum absolute atomic E-state index is 12.5. The van der Waals surface area contributed by atoms with Crippen molar-refractivity contribution in [2.75, 3.05) is 20.3 Å². The van der Waals surface area contributed by atoms with Gasteiger partial charge < -0.3 is 19.2 Å². The van der Waals surface area contributed by atoms with Gasteiger partial charge in [-0.25, -0.2) is 4.79 Å². The van der Waals surface area contributed by atoms with E-state index in [1.807, 2.05) is 0 Å². The lowest BCUT2D eigenvalue weighted by Gasteiger charge is -2.20. The third-order valence-corrected chi connectivity index (χ3v) is 3.87. The van der Waals surface area contributed by atoms with Gasteiger partial charge in [0.1, 0.15) is 10.6 Å². The van der Waals surface area contributed by atoms with E-state index >= 15 is 0 Å². The Kier molecular flexibility index (Phi) is 5.13. The van der Waals surface area contributed by atoms with Crippen LogP contribution in [0.25, 0.3) is 0 Å². The van der Waals surface area contributed by atoms with Crippen LogP contribution in [0.4, 0.5) is 0 Å². The summed E-state index contributed by atoms with van der Waals surface area (Å²) in [4.78, 5) is 25.4. The minimum atomic E-state index is -1.03. The second-order valence-corrected chi connectivity index (χ2v) is 5.35. The molecule has 2 rings (SSSR count). The normalized spacial score (nSPS) is 10.5. The van der Waals surface area contributed by atoms with E-state index in [2.05, 4.69) is 0 Å². The van der Waals surface area contributed by atoms with Gasteiger partial charge in [0.2, 0.25) is 0 Å². The van der Waals surface area contributed by atoms with Gasteiger partial charge in [-0.3, -0.25) is 4.79 Å². The summed E-state index contributed by atoms with van der Waals surface area (Å²) in [5, 5.41) is 8.92. The first-order valence-electron chi connectivity index (χ1n) is 6.25. The number of furan rings is 1. The Morgan fingerprint density at radius 3 is 2.67 bits per heavy atom. The highest BCUT2D eigenvalue weighted by molar-refractivity contribution is 7.15. The largest absolute Gasteiger partial charge is 0.477 e. The van der Waals surface area contributed by atoms with E-state index in [0.29, 0.717) is 30.3 Å². The molecule has 0 aromatic carbocycles. The number of hydrogen-bond donors (Lipinski definition) is 1. The number of carbonyl (C=O) groups is 2. The lowest BCUT2D eigenvalue weighted by molar-refractivity contribution is 0.0670. The molecule has 0 saturated carbocycles. The molecule has 0 aliphatic carbocycles. The number of rotatable bonds is 7. The highest BCUT2D eigenvalue weighted by Crippen LogP contribution is 2.19. The van der Waals surface area contributed by atoms with Gasteiger partial charge >= 0.3 is 5.97 Å². The van der Waals surface area contributed by atoms with Crippen LogP contribution in [-0.2, 0) is 11.3 Å². The van der Waals surface area contributed by atoms with Crippen LogP contribution >= 0.6 is 11.3 Å². The number of nitrogens with zero attached hydrogens (tertiary/aromatic N) is 1. The van der Waals surface area contributed by atoms with Crippen molar-refractivity contribution in [1.29, 1.82) is 0 Å². The average Bonchev–Trinajstić information content (AvgIpc) is 3.13. The predicted molar refractivity (Wildman–Crippen MR) is 76.6 cm³/mol. The van der Waals surface area contributed by atoms with Gasteiger partial charge in [-0.05, 0) is 24.3 Å². The van der Waals surface area contributed by atoms with Crippen molar-refractivity contribution in [2.24, 2.45) is 0 Å². The van der Waals surface area contributed by atoms with E-state index in [-0.39, 0.29) is 10.8 Å². The Morgan fingerprint density at radius 1 is 1.33 bits per heavy atom. The van der Waals surface area contributed by atoms with E-state index in [1.165, 1.54) is 12.1 Å². The van der Waals surface area contributed by atoms with Gasteiger partial charge in [-0.2, -0.15) is 0 Å². The molecule has 0 unspecified atom stereocenters. The molecule has 2 heterocycles. The molecule has 2 aromatic heterocycles. The fourth-order valence-corrected chi connectivity index (χ4v) is 2.58. The summed E-state index contributed by atoms with van der Waals surface area (Å²) in [7, 11) is 1.56. The first kappa shape index (κ1) is 15.3. The van der Waals surface area contributed by atoms with Crippen molar-refractivity contribution >= 4 is 23.2 Å². The maximum atomic E-state index is 12.5. The van der Waals surface area contributed by atoms with E-state index in [9.17, 15) is 9.59 Å². The smallest absolute Gasteiger partial charge is 0.345 e. The van der Waals surface area contributed by atoms with E-state index < -0.39 is 5.97 Å². The standard InChI is InChI=1S/C14H15NO5S/c1-19-8-6-15(9-10-3-2-7-20-10)13(16)11-4-5-12(21-11)14(17)18/h2-5,7H,6,8-9H2,1H3,(H,17,18). The Bertz CT molecular complexity index is 605. The first-order chi connectivity index (χ1) is 10.1. The summed E-state index contributed by atoms with van der Waals surface area (Å²) >= 11 is 0.961. The Morgan fingerprint density at radius 2 is 2.10 bits per heavy atom. The topological polar surface area (TPSA) is 80.0 Å². The van der Waals surface area contributed by atoms with E-state index in [0.717, 1.165) is 11.3 Å². The predicted octanol–water partition coefficient (Wildman–Crippen LogP) is 2.33.